The Labute approximate surface area is 147 Å². The van der Waals surface area contributed by atoms with Crippen LogP contribution < -0.4 is 4.90 Å². The van der Waals surface area contributed by atoms with Crippen molar-refractivity contribution in [1.29, 1.82) is 0 Å². The normalized spacial score (nSPS) is 14.9. The van der Waals surface area contributed by atoms with Crippen molar-refractivity contribution >= 4 is 27.7 Å². The monoisotopic (exact) mass is 382 g/mol. The molecule has 128 valence electrons. The largest absolute Gasteiger partial charge is 0.444 e. The van der Waals surface area contributed by atoms with E-state index in [1.807, 2.05) is 33.8 Å². The number of carbonyl (C=O) groups is 1. The van der Waals surface area contributed by atoms with Crippen LogP contribution in [0, 0.1) is 0 Å². The molecule has 1 heterocycles. The third-order valence-corrected chi connectivity index (χ3v) is 4.38. The van der Waals surface area contributed by atoms with Crippen molar-refractivity contribution in [3.05, 3.63) is 28.2 Å². The van der Waals surface area contributed by atoms with Crippen LogP contribution in [0.2, 0.25) is 0 Å². The van der Waals surface area contributed by atoms with Gasteiger partial charge in [-0.05, 0) is 58.2 Å². The van der Waals surface area contributed by atoms with Gasteiger partial charge in [0.1, 0.15) is 5.60 Å². The highest BCUT2D eigenvalue weighted by atomic mass is 79.9. The van der Waals surface area contributed by atoms with Crippen molar-refractivity contribution in [3.8, 4) is 0 Å². The van der Waals surface area contributed by atoms with E-state index in [2.05, 4.69) is 33.0 Å². The van der Waals surface area contributed by atoms with E-state index in [9.17, 15) is 4.79 Å². The van der Waals surface area contributed by atoms with E-state index in [1.165, 1.54) is 24.1 Å². The van der Waals surface area contributed by atoms with Crippen LogP contribution in [0.15, 0.2) is 22.7 Å². The van der Waals surface area contributed by atoms with Gasteiger partial charge in [0.25, 0.3) is 0 Å². The number of nitrogens with zero attached hydrogens (tertiary/aromatic N) is 2. The summed E-state index contributed by atoms with van der Waals surface area (Å²) in [7, 11) is 0. The summed E-state index contributed by atoms with van der Waals surface area (Å²) in [5.74, 6) is 0. The molecule has 1 aliphatic heterocycles. The number of carbonyl (C=O) groups excluding carboxylic acids is 1. The smallest absolute Gasteiger partial charge is 0.410 e. The molecule has 5 heteroatoms. The molecule has 1 fully saturated rings. The zero-order chi connectivity index (χ0) is 17.0. The van der Waals surface area contributed by atoms with Crippen LogP contribution in [-0.4, -0.2) is 36.2 Å². The first-order valence-corrected chi connectivity index (χ1v) is 9.11. The Morgan fingerprint density at radius 3 is 2.52 bits per heavy atom. The molecule has 1 aliphatic rings. The molecular weight excluding hydrogens is 356 g/mol. The van der Waals surface area contributed by atoms with Gasteiger partial charge < -0.3 is 14.5 Å². The summed E-state index contributed by atoms with van der Waals surface area (Å²) in [4.78, 5) is 16.5. The maximum Gasteiger partial charge on any atom is 0.410 e. The summed E-state index contributed by atoms with van der Waals surface area (Å²) in [6.45, 7) is 11.0. The molecule has 0 N–H and O–H groups in total. The Morgan fingerprint density at radius 2 is 1.96 bits per heavy atom. The highest BCUT2D eigenvalue weighted by Crippen LogP contribution is 2.29. The Kier molecular flexibility index (Phi) is 5.95. The molecule has 1 aromatic carbocycles. The van der Waals surface area contributed by atoms with Crippen LogP contribution in [0.3, 0.4) is 0 Å². The average molecular weight is 383 g/mol. The SMILES string of the molecule is CCN(Cc1ccc(Br)cc1N1CCCC1)C(=O)OC(C)(C)C. The van der Waals surface area contributed by atoms with Crippen molar-refractivity contribution in [1.82, 2.24) is 4.90 Å². The number of amides is 1. The van der Waals surface area contributed by atoms with Gasteiger partial charge in [0.05, 0.1) is 6.54 Å². The predicted octanol–water partition coefficient (Wildman–Crippen LogP) is 4.81. The van der Waals surface area contributed by atoms with Crippen LogP contribution in [0.25, 0.3) is 0 Å². The Morgan fingerprint density at radius 1 is 1.30 bits per heavy atom. The molecule has 23 heavy (non-hydrogen) atoms. The summed E-state index contributed by atoms with van der Waals surface area (Å²) in [6, 6.07) is 6.30. The number of rotatable bonds is 4. The van der Waals surface area contributed by atoms with Crippen LogP contribution in [0.5, 0.6) is 0 Å². The number of ether oxygens (including phenoxy) is 1. The summed E-state index contributed by atoms with van der Waals surface area (Å²) in [6.07, 6.45) is 2.21. The number of anilines is 1. The van der Waals surface area contributed by atoms with Crippen LogP contribution in [-0.2, 0) is 11.3 Å². The minimum Gasteiger partial charge on any atom is -0.444 e. The number of hydrogen-bond donors (Lipinski definition) is 0. The molecule has 4 nitrogen and oxygen atoms in total. The number of hydrogen-bond acceptors (Lipinski definition) is 3. The van der Waals surface area contributed by atoms with Crippen molar-refractivity contribution in [2.24, 2.45) is 0 Å². The van der Waals surface area contributed by atoms with E-state index < -0.39 is 5.60 Å². The van der Waals surface area contributed by atoms with Gasteiger partial charge in [-0.25, -0.2) is 4.79 Å². The third-order valence-electron chi connectivity index (χ3n) is 3.89. The molecular formula is C18H27BrN2O2. The lowest BCUT2D eigenvalue weighted by molar-refractivity contribution is 0.0245. The fraction of sp³-hybridized carbons (Fsp3) is 0.611. The third kappa shape index (κ3) is 5.13. The van der Waals surface area contributed by atoms with Crippen LogP contribution >= 0.6 is 15.9 Å². The molecule has 0 aliphatic carbocycles. The molecule has 0 saturated carbocycles. The van der Waals surface area contributed by atoms with Crippen molar-refractivity contribution in [2.75, 3.05) is 24.5 Å². The van der Waals surface area contributed by atoms with E-state index in [0.29, 0.717) is 13.1 Å². The van der Waals surface area contributed by atoms with E-state index in [1.54, 1.807) is 4.90 Å². The molecule has 0 radical (unpaired) electrons. The highest BCUT2D eigenvalue weighted by molar-refractivity contribution is 9.10. The van der Waals surface area contributed by atoms with Gasteiger partial charge in [0.15, 0.2) is 0 Å². The second-order valence-corrected chi connectivity index (χ2v) is 7.88. The second-order valence-electron chi connectivity index (χ2n) is 6.96. The first-order valence-electron chi connectivity index (χ1n) is 8.31. The van der Waals surface area contributed by atoms with Crippen molar-refractivity contribution in [2.45, 2.75) is 52.7 Å². The Hall–Kier alpha value is -1.23. The molecule has 0 bridgehead atoms. The average Bonchev–Trinajstić information content (AvgIpc) is 2.97. The molecule has 0 spiro atoms. The zero-order valence-electron chi connectivity index (χ0n) is 14.6. The lowest BCUT2D eigenvalue weighted by Gasteiger charge is -2.28. The molecule has 1 saturated heterocycles. The predicted molar refractivity (Wildman–Crippen MR) is 97.9 cm³/mol. The maximum atomic E-state index is 12.4. The fourth-order valence-corrected chi connectivity index (χ4v) is 3.11. The van der Waals surface area contributed by atoms with E-state index >= 15 is 0 Å². The first kappa shape index (κ1) is 18.1. The molecule has 0 aromatic heterocycles. The van der Waals surface area contributed by atoms with E-state index in [0.717, 1.165) is 17.6 Å². The van der Waals surface area contributed by atoms with E-state index in [4.69, 9.17) is 4.74 Å². The quantitative estimate of drug-likeness (QED) is 0.748. The van der Waals surface area contributed by atoms with Gasteiger partial charge in [-0.2, -0.15) is 0 Å². The van der Waals surface area contributed by atoms with Gasteiger partial charge in [-0.1, -0.05) is 22.0 Å². The topological polar surface area (TPSA) is 32.8 Å². The summed E-state index contributed by atoms with van der Waals surface area (Å²) in [5, 5.41) is 0. The van der Waals surface area contributed by atoms with Gasteiger partial charge in [-0.3, -0.25) is 0 Å². The van der Waals surface area contributed by atoms with Crippen molar-refractivity contribution < 1.29 is 9.53 Å². The number of halogens is 1. The zero-order valence-corrected chi connectivity index (χ0v) is 16.1. The second kappa shape index (κ2) is 7.56. The molecule has 2 rings (SSSR count). The maximum absolute atomic E-state index is 12.4. The van der Waals surface area contributed by atoms with Crippen LogP contribution in [0.4, 0.5) is 10.5 Å². The minimum atomic E-state index is -0.470. The van der Waals surface area contributed by atoms with Gasteiger partial charge in [0, 0.05) is 29.8 Å². The lowest BCUT2D eigenvalue weighted by Crippen LogP contribution is -2.36. The minimum absolute atomic E-state index is 0.254. The fourth-order valence-electron chi connectivity index (χ4n) is 2.76. The molecule has 0 unspecified atom stereocenters. The van der Waals surface area contributed by atoms with Gasteiger partial charge in [-0.15, -0.1) is 0 Å². The summed E-state index contributed by atoms with van der Waals surface area (Å²) < 4.78 is 6.59. The summed E-state index contributed by atoms with van der Waals surface area (Å²) >= 11 is 3.56. The standard InChI is InChI=1S/C18H27BrN2O2/c1-5-20(17(22)23-18(2,3)4)13-14-8-9-15(19)12-16(14)21-10-6-7-11-21/h8-9,12H,5-7,10-11,13H2,1-4H3. The molecule has 1 aromatic rings. The number of benzene rings is 1. The highest BCUT2D eigenvalue weighted by Gasteiger charge is 2.23. The van der Waals surface area contributed by atoms with Crippen molar-refractivity contribution in [3.63, 3.8) is 0 Å². The Balaban J connectivity index is 2.18. The first-order chi connectivity index (χ1) is 10.8. The van der Waals surface area contributed by atoms with Gasteiger partial charge >= 0.3 is 6.09 Å². The van der Waals surface area contributed by atoms with Gasteiger partial charge in [0.2, 0.25) is 0 Å². The van der Waals surface area contributed by atoms with Crippen LogP contribution in [0.1, 0.15) is 46.1 Å². The molecule has 1 amide bonds. The summed E-state index contributed by atoms with van der Waals surface area (Å²) in [5.41, 5.74) is 1.92. The Bertz CT molecular complexity index is 548. The molecule has 0 atom stereocenters. The van der Waals surface area contributed by atoms with E-state index in [-0.39, 0.29) is 6.09 Å². The lowest BCUT2D eigenvalue weighted by atomic mass is 10.1.